The van der Waals surface area contributed by atoms with Gasteiger partial charge >= 0.3 is 32.7 Å². The van der Waals surface area contributed by atoms with E-state index < -0.39 is 175 Å². The number of aromatic nitrogens is 6. The minimum atomic E-state index is -4.58. The Hall–Kier alpha value is -4.51. The highest BCUT2D eigenvalue weighted by Gasteiger charge is 2.72. The largest absolute Gasteiger partial charge is 0.475 e. The van der Waals surface area contributed by atoms with Crippen LogP contribution in [-0.2, 0) is 117 Å². The van der Waals surface area contributed by atoms with Gasteiger partial charge in [-0.15, -0.1) is 0 Å². The molecule has 8 rings (SSSR count). The molecule has 5 saturated heterocycles. The van der Waals surface area contributed by atoms with E-state index in [4.69, 9.17) is 88.7 Å². The standard InChI is InChI=1S/C30H48FN2O14PS2.C28H46FN2O13PS2.C12H15FN2O7/c1-27(2,3)23(35)49-17-15-40-11-13-42-48(38,43-14-12-41-16-18-50-24(36)28(4,5)6)44-19-30(31)21-29(7,47-26(39-8)45-21)22(46-30)33-10-9-20(34)32-25(33)37;1-25(2,3)22(34)46-16-14-39-10-12-41-45(38,42-13-11-40-15-17-47-23(35)26(4,5)6)43-18-28(29)20(33)27(7,37)21(44-28)31-9-8-19(32)30-24(31)36;1-11-7(20-10(19-2)22-11)12(13,5-16)21-8(11)15-4-3-6(17)14-9(15)18/h9-10,21-22,26H,11-19H2,1-8H3,(H,32,34,37);8-9,20-21,33,37H,10-18H2,1-7H3,(H,30,32,36);3-4,7-8,10,16H,5H2,1-2H3,(H,14,17,18)/t21-,22+,26?,29+,30+;20-,21+,27+,28+;7-,8+,10?,11+,12+/m000/s1. The number of ether oxygens (including phenoxy) is 13. The molecule has 0 saturated carbocycles. The van der Waals surface area contributed by atoms with Crippen molar-refractivity contribution in [3.63, 3.8) is 0 Å². The molecule has 2 unspecified atom stereocenters. The number of phosphoric acid groups is 2. The van der Waals surface area contributed by atoms with Crippen molar-refractivity contribution in [2.75, 3.05) is 136 Å². The lowest BCUT2D eigenvalue weighted by Gasteiger charge is -2.28. The van der Waals surface area contributed by atoms with E-state index in [1.807, 2.05) is 51.5 Å². The van der Waals surface area contributed by atoms with Gasteiger partial charge in [0.25, 0.3) is 47.2 Å². The monoisotopic (exact) mass is 1820 g/mol. The molecule has 3 aromatic heterocycles. The summed E-state index contributed by atoms with van der Waals surface area (Å²) < 4.78 is 179. The molecular weight excluding hydrogens is 1720 g/mol. The number of aliphatic hydroxyl groups is 3. The Labute approximate surface area is 699 Å². The zero-order valence-electron chi connectivity index (χ0n) is 69.0. The van der Waals surface area contributed by atoms with Crippen LogP contribution in [0, 0.1) is 21.7 Å². The van der Waals surface area contributed by atoms with Gasteiger partial charge in [0.15, 0.2) is 51.4 Å². The molecule has 0 bridgehead atoms. The number of H-pyrrole nitrogens is 3. The molecule has 49 heteroatoms. The number of nitrogens with one attached hydrogen (secondary N) is 3. The van der Waals surface area contributed by atoms with Gasteiger partial charge in [0.05, 0.1) is 79.3 Å². The number of aliphatic hydroxyl groups excluding tert-OH is 2. The fraction of sp³-hybridized carbons (Fsp3) is 0.771. The SMILES string of the molecule is CC(C)(C)C(=O)SCCOCCOP(=O)(OCCOCCSC(=O)C(C)(C)C)OC[C@@]1(F)O[C@@H](n2ccc(=O)[nH]c2=O)[C@](C)(O)[C@@H]1O.COC1O[C@H]2[C@@](C)(O1)[C@H](n1ccc(=O)[nH]c1=O)O[C@]2(F)CO.COC1O[C@H]2[C@@](C)(O1)[C@H](n1ccc(=O)[nH]c1=O)O[C@]2(F)COP(=O)(OCCOCCSC(=O)C(C)(C)C)OCCOCCSC(=O)C(C)(C)C. The van der Waals surface area contributed by atoms with Crippen LogP contribution in [0.3, 0.4) is 0 Å². The molecule has 678 valence electrons. The van der Waals surface area contributed by atoms with Crippen LogP contribution in [0.25, 0.3) is 0 Å². The van der Waals surface area contributed by atoms with Crippen molar-refractivity contribution < 1.29 is 146 Å². The lowest BCUT2D eigenvalue weighted by molar-refractivity contribution is -0.301. The van der Waals surface area contributed by atoms with Gasteiger partial charge in [-0.05, 0) is 20.8 Å². The first-order valence-corrected chi connectivity index (χ1v) is 43.9. The summed E-state index contributed by atoms with van der Waals surface area (Å²) in [7, 11) is -6.56. The second-order valence-electron chi connectivity index (χ2n) is 31.6. The average Bonchev–Trinajstić information content (AvgIpc) is 1.55. The lowest BCUT2D eigenvalue weighted by atomic mass is 9.95. The van der Waals surface area contributed by atoms with Gasteiger partial charge in [-0.25, -0.2) is 36.7 Å². The number of halogens is 3. The Kier molecular flexibility index (Phi) is 37.8. The Bertz CT molecular complexity index is 4260. The van der Waals surface area contributed by atoms with Gasteiger partial charge in [-0.3, -0.25) is 89.4 Å². The first kappa shape index (κ1) is 103. The fourth-order valence-electron chi connectivity index (χ4n) is 11.0. The Morgan fingerprint density at radius 3 is 1.01 bits per heavy atom. The van der Waals surface area contributed by atoms with Crippen molar-refractivity contribution in [3.05, 3.63) is 99.3 Å². The first-order chi connectivity index (χ1) is 55.2. The maximum absolute atomic E-state index is 16.7. The fourth-order valence-corrected chi connectivity index (χ4v) is 16.6. The number of fused-ring (bicyclic) bond motifs is 2. The number of nitrogens with zero attached hydrogens (tertiary/aromatic N) is 3. The molecule has 0 aliphatic carbocycles. The molecule has 3 aromatic rings. The summed E-state index contributed by atoms with van der Waals surface area (Å²) in [5.41, 5.74) is -12.3. The smallest absolute Gasteiger partial charge is 0.390 e. The number of thioether (sulfide) groups is 4. The second-order valence-corrected chi connectivity index (χ2v) is 39.2. The van der Waals surface area contributed by atoms with Gasteiger partial charge in [0, 0.05) is 95.7 Å². The van der Waals surface area contributed by atoms with E-state index in [0.717, 1.165) is 99.9 Å². The predicted molar refractivity (Wildman–Crippen MR) is 422 cm³/mol. The molecule has 6 N–H and O–H groups in total. The zero-order chi connectivity index (χ0) is 89.2. The molecule has 0 spiro atoms. The Morgan fingerprint density at radius 1 is 0.445 bits per heavy atom. The Morgan fingerprint density at radius 2 is 0.723 bits per heavy atom. The highest BCUT2D eigenvalue weighted by atomic mass is 32.2. The lowest BCUT2D eigenvalue weighted by Crippen LogP contribution is -2.50. The van der Waals surface area contributed by atoms with Crippen molar-refractivity contribution in [1.82, 2.24) is 28.7 Å². The van der Waals surface area contributed by atoms with E-state index >= 15 is 8.78 Å². The maximum atomic E-state index is 16.7. The molecule has 119 heavy (non-hydrogen) atoms. The van der Waals surface area contributed by atoms with E-state index in [2.05, 4.69) is 4.98 Å². The summed E-state index contributed by atoms with van der Waals surface area (Å²) in [4.78, 5) is 125. The topological polar surface area (TPSA) is 503 Å². The highest BCUT2D eigenvalue weighted by Crippen LogP contribution is 2.58. The van der Waals surface area contributed by atoms with Gasteiger partial charge in [0.2, 0.25) is 0 Å². The van der Waals surface area contributed by atoms with Crippen molar-refractivity contribution in [3.8, 4) is 0 Å². The average molecular weight is 1830 g/mol. The van der Waals surface area contributed by atoms with Gasteiger partial charge in [-0.1, -0.05) is 130 Å². The third-order valence-corrected chi connectivity index (χ3v) is 25.2. The summed E-state index contributed by atoms with van der Waals surface area (Å²) in [6, 6.07) is 3.07. The van der Waals surface area contributed by atoms with Crippen LogP contribution in [0.5, 0.6) is 0 Å². The number of alkyl halides is 3. The quantitative estimate of drug-likeness (QED) is 0.0318. The Balaban J connectivity index is 0.000000295. The number of hydrogen-bond acceptors (Lipinski definition) is 38. The molecule has 0 aromatic carbocycles. The van der Waals surface area contributed by atoms with Crippen molar-refractivity contribution in [1.29, 1.82) is 0 Å². The van der Waals surface area contributed by atoms with E-state index in [9.17, 15) is 76.8 Å². The number of phosphoric ester groups is 2. The van der Waals surface area contributed by atoms with E-state index in [1.54, 1.807) is 41.5 Å². The number of carbonyl (C=O) groups excluding carboxylic acids is 4. The molecule has 5 fully saturated rings. The minimum absolute atomic E-state index is 0.00613. The summed E-state index contributed by atoms with van der Waals surface area (Å²) in [5, 5.41) is 30.8. The van der Waals surface area contributed by atoms with E-state index in [1.165, 1.54) is 28.1 Å². The van der Waals surface area contributed by atoms with Crippen LogP contribution in [0.15, 0.2) is 65.6 Å². The third-order valence-electron chi connectivity index (χ3n) is 17.3. The second kappa shape index (κ2) is 43.6. The first-order valence-electron chi connectivity index (χ1n) is 37.1. The third kappa shape index (κ3) is 28.5. The van der Waals surface area contributed by atoms with Crippen molar-refractivity contribution >= 4 is 83.2 Å². The van der Waals surface area contributed by atoms with Crippen LogP contribution in [0.4, 0.5) is 13.2 Å². The van der Waals surface area contributed by atoms with E-state index in [0.29, 0.717) is 27.6 Å². The van der Waals surface area contributed by atoms with Crippen molar-refractivity contribution in [2.24, 2.45) is 21.7 Å². The molecule has 0 amide bonds. The van der Waals surface area contributed by atoms with Crippen LogP contribution in [0.1, 0.15) is 123 Å². The molecule has 5 aliphatic heterocycles. The minimum Gasteiger partial charge on any atom is -0.390 e. The van der Waals surface area contributed by atoms with Crippen LogP contribution in [0.2, 0.25) is 0 Å². The van der Waals surface area contributed by atoms with Gasteiger partial charge < -0.3 is 76.9 Å². The number of hydrogen-bond donors (Lipinski definition) is 6. The molecule has 5 aliphatic rings. The molecule has 40 nitrogen and oxygen atoms in total. The van der Waals surface area contributed by atoms with E-state index in [-0.39, 0.29) is 99.7 Å². The summed E-state index contributed by atoms with van der Waals surface area (Å²) >= 11 is 4.48. The van der Waals surface area contributed by atoms with Gasteiger partial charge in [0.1, 0.15) is 42.7 Å². The normalized spacial score (nSPS) is 27.7. The van der Waals surface area contributed by atoms with Crippen LogP contribution in [-0.4, -0.2) is 266 Å². The number of rotatable bonds is 40. The van der Waals surface area contributed by atoms with Crippen molar-refractivity contribution in [2.45, 2.75) is 188 Å². The summed E-state index contributed by atoms with van der Waals surface area (Å²) in [6.45, 7) is 18.9. The maximum Gasteiger partial charge on any atom is 0.475 e. The summed E-state index contributed by atoms with van der Waals surface area (Å²) in [6.07, 6.45) is -6.57. The highest BCUT2D eigenvalue weighted by molar-refractivity contribution is 8.14. The molecule has 0 radical (unpaired) electrons. The zero-order valence-corrected chi connectivity index (χ0v) is 74.1. The number of methoxy groups -OCH3 is 2. The van der Waals surface area contributed by atoms with Gasteiger partial charge in [-0.2, -0.15) is 0 Å². The number of carbonyl (C=O) groups is 4. The molecule has 8 heterocycles. The predicted octanol–water partition coefficient (Wildman–Crippen LogP) is 5.11. The molecule has 14 atom stereocenters. The molecular formula is C70H109F3N6O34P2S4. The number of aromatic amines is 3. The van der Waals surface area contributed by atoms with Crippen LogP contribution >= 0.6 is 62.7 Å². The van der Waals surface area contributed by atoms with Crippen LogP contribution < -0.4 is 33.7 Å². The summed E-state index contributed by atoms with van der Waals surface area (Å²) in [5.74, 6) is -7.17.